The molecule has 2 aromatic carbocycles. The van der Waals surface area contributed by atoms with Gasteiger partial charge in [-0.2, -0.15) is 0 Å². The van der Waals surface area contributed by atoms with E-state index in [2.05, 4.69) is 10.3 Å². The molecule has 1 saturated heterocycles. The van der Waals surface area contributed by atoms with E-state index in [0.29, 0.717) is 36.6 Å². The van der Waals surface area contributed by atoms with Gasteiger partial charge in [-0.1, -0.05) is 29.5 Å². The van der Waals surface area contributed by atoms with Crippen molar-refractivity contribution in [3.63, 3.8) is 0 Å². The number of aromatic nitrogens is 1. The lowest BCUT2D eigenvalue weighted by molar-refractivity contribution is -0.121. The summed E-state index contributed by atoms with van der Waals surface area (Å²) in [5.41, 5.74) is 1.21. The van der Waals surface area contributed by atoms with Crippen LogP contribution in [0.4, 0.5) is 9.52 Å². The second kappa shape index (κ2) is 7.44. The summed E-state index contributed by atoms with van der Waals surface area (Å²) in [6.45, 7) is 0.959. The molecule has 27 heavy (non-hydrogen) atoms. The van der Waals surface area contributed by atoms with Gasteiger partial charge in [-0.3, -0.25) is 9.59 Å². The Morgan fingerprint density at radius 2 is 1.89 bits per heavy atom. The van der Waals surface area contributed by atoms with E-state index in [0.717, 1.165) is 10.2 Å². The number of hydrogen-bond acceptors (Lipinski definition) is 4. The van der Waals surface area contributed by atoms with Crippen LogP contribution in [-0.2, 0) is 4.79 Å². The number of piperidine rings is 1. The first kappa shape index (κ1) is 17.6. The zero-order valence-electron chi connectivity index (χ0n) is 14.5. The highest BCUT2D eigenvalue weighted by Crippen LogP contribution is 2.27. The minimum atomic E-state index is -0.425. The van der Waals surface area contributed by atoms with E-state index in [1.165, 1.54) is 29.5 Å². The molecule has 0 radical (unpaired) electrons. The minimum Gasteiger partial charge on any atom is -0.339 e. The first-order valence-corrected chi connectivity index (χ1v) is 9.63. The van der Waals surface area contributed by atoms with Crippen LogP contribution in [0.2, 0.25) is 0 Å². The predicted molar refractivity (Wildman–Crippen MR) is 103 cm³/mol. The Hall–Kier alpha value is -2.80. The van der Waals surface area contributed by atoms with Crippen molar-refractivity contribution in [3.8, 4) is 0 Å². The van der Waals surface area contributed by atoms with Gasteiger partial charge in [-0.05, 0) is 43.2 Å². The number of nitrogens with one attached hydrogen (secondary N) is 1. The number of hydrogen-bond donors (Lipinski definition) is 1. The van der Waals surface area contributed by atoms with Crippen LogP contribution in [0.3, 0.4) is 0 Å². The van der Waals surface area contributed by atoms with E-state index >= 15 is 0 Å². The normalized spacial score (nSPS) is 15.1. The predicted octanol–water partition coefficient (Wildman–Crippen LogP) is 3.93. The van der Waals surface area contributed by atoms with E-state index in [-0.39, 0.29) is 17.7 Å². The maximum absolute atomic E-state index is 13.3. The standard InChI is InChI=1S/C20H18FN3O2S/c21-15-5-3-4-14(12-15)19(26)24-10-8-13(9-11-24)18(25)23-20-22-16-6-1-2-7-17(16)27-20/h1-7,12-13H,8-11H2,(H,22,23,25). The fourth-order valence-corrected chi connectivity index (χ4v) is 4.15. The van der Waals surface area contributed by atoms with Gasteiger partial charge in [-0.15, -0.1) is 0 Å². The average molecular weight is 383 g/mol. The molecule has 1 aliphatic rings. The van der Waals surface area contributed by atoms with Crippen molar-refractivity contribution in [2.24, 2.45) is 5.92 Å². The first-order chi connectivity index (χ1) is 13.1. The molecule has 4 rings (SSSR count). The topological polar surface area (TPSA) is 62.3 Å². The van der Waals surface area contributed by atoms with Crippen molar-refractivity contribution in [1.82, 2.24) is 9.88 Å². The Bertz CT molecular complexity index is 963. The molecule has 7 heteroatoms. The Morgan fingerprint density at radius 3 is 2.63 bits per heavy atom. The van der Waals surface area contributed by atoms with Crippen LogP contribution in [0.5, 0.6) is 0 Å². The molecular weight excluding hydrogens is 365 g/mol. The van der Waals surface area contributed by atoms with E-state index in [4.69, 9.17) is 0 Å². The van der Waals surface area contributed by atoms with Gasteiger partial charge in [0.2, 0.25) is 5.91 Å². The smallest absolute Gasteiger partial charge is 0.253 e. The van der Waals surface area contributed by atoms with Crippen LogP contribution in [-0.4, -0.2) is 34.8 Å². The molecule has 138 valence electrons. The van der Waals surface area contributed by atoms with Crippen LogP contribution in [0.25, 0.3) is 10.2 Å². The Morgan fingerprint density at radius 1 is 1.11 bits per heavy atom. The third kappa shape index (κ3) is 3.83. The van der Waals surface area contributed by atoms with Crippen LogP contribution in [0, 0.1) is 11.7 Å². The number of nitrogens with zero attached hydrogens (tertiary/aromatic N) is 2. The zero-order chi connectivity index (χ0) is 18.8. The Balaban J connectivity index is 1.35. The molecule has 0 atom stereocenters. The maximum Gasteiger partial charge on any atom is 0.253 e. The van der Waals surface area contributed by atoms with Crippen molar-refractivity contribution < 1.29 is 14.0 Å². The van der Waals surface area contributed by atoms with Gasteiger partial charge in [0.15, 0.2) is 5.13 Å². The number of amides is 2. The summed E-state index contributed by atoms with van der Waals surface area (Å²) >= 11 is 1.45. The molecule has 0 bridgehead atoms. The van der Waals surface area contributed by atoms with E-state index in [9.17, 15) is 14.0 Å². The monoisotopic (exact) mass is 383 g/mol. The number of thiazole rings is 1. The number of para-hydroxylation sites is 1. The number of fused-ring (bicyclic) bond motifs is 1. The number of anilines is 1. The lowest BCUT2D eigenvalue weighted by atomic mass is 9.95. The van der Waals surface area contributed by atoms with Crippen LogP contribution >= 0.6 is 11.3 Å². The fourth-order valence-electron chi connectivity index (χ4n) is 3.28. The molecule has 2 heterocycles. The van der Waals surface area contributed by atoms with Gasteiger partial charge in [0.05, 0.1) is 10.2 Å². The highest BCUT2D eigenvalue weighted by Gasteiger charge is 2.28. The summed E-state index contributed by atoms with van der Waals surface area (Å²) < 4.78 is 14.3. The molecule has 3 aromatic rings. The highest BCUT2D eigenvalue weighted by molar-refractivity contribution is 7.22. The number of rotatable bonds is 3. The minimum absolute atomic E-state index is 0.0630. The number of halogens is 1. The second-order valence-corrected chi connectivity index (χ2v) is 7.58. The van der Waals surface area contributed by atoms with E-state index in [1.807, 2.05) is 24.3 Å². The van der Waals surface area contributed by atoms with Crippen molar-refractivity contribution >= 4 is 38.5 Å². The van der Waals surface area contributed by atoms with E-state index in [1.54, 1.807) is 11.0 Å². The van der Waals surface area contributed by atoms with Crippen molar-refractivity contribution in [2.75, 3.05) is 18.4 Å². The van der Waals surface area contributed by atoms with Gasteiger partial charge in [0, 0.05) is 24.6 Å². The number of carbonyl (C=O) groups excluding carboxylic acids is 2. The molecular formula is C20H18FN3O2S. The summed E-state index contributed by atoms with van der Waals surface area (Å²) in [5, 5.41) is 3.50. The molecule has 5 nitrogen and oxygen atoms in total. The molecule has 1 fully saturated rings. The van der Waals surface area contributed by atoms with Crippen LogP contribution in [0.1, 0.15) is 23.2 Å². The molecule has 1 aliphatic heterocycles. The summed E-state index contributed by atoms with van der Waals surface area (Å²) in [7, 11) is 0. The quantitative estimate of drug-likeness (QED) is 0.746. The van der Waals surface area contributed by atoms with Gasteiger partial charge in [0.1, 0.15) is 5.82 Å². The van der Waals surface area contributed by atoms with E-state index < -0.39 is 5.82 Å². The second-order valence-electron chi connectivity index (χ2n) is 6.55. The third-order valence-electron chi connectivity index (χ3n) is 4.75. The van der Waals surface area contributed by atoms with Crippen LogP contribution in [0.15, 0.2) is 48.5 Å². The fraction of sp³-hybridized carbons (Fsp3) is 0.250. The Labute approximate surface area is 159 Å². The molecule has 2 amide bonds. The van der Waals surface area contributed by atoms with Crippen LogP contribution < -0.4 is 5.32 Å². The van der Waals surface area contributed by atoms with Gasteiger partial charge < -0.3 is 10.2 Å². The summed E-state index contributed by atoms with van der Waals surface area (Å²) in [6.07, 6.45) is 1.16. The first-order valence-electron chi connectivity index (χ1n) is 8.81. The largest absolute Gasteiger partial charge is 0.339 e. The molecule has 0 saturated carbocycles. The summed E-state index contributed by atoms with van der Waals surface area (Å²) in [4.78, 5) is 31.1. The molecule has 0 aliphatic carbocycles. The highest BCUT2D eigenvalue weighted by atomic mass is 32.1. The number of carbonyl (C=O) groups is 2. The van der Waals surface area contributed by atoms with Gasteiger partial charge >= 0.3 is 0 Å². The van der Waals surface area contributed by atoms with Gasteiger partial charge in [0.25, 0.3) is 5.91 Å². The molecule has 0 unspecified atom stereocenters. The lowest BCUT2D eigenvalue weighted by Crippen LogP contribution is -2.41. The summed E-state index contributed by atoms with van der Waals surface area (Å²) in [6, 6.07) is 13.4. The lowest BCUT2D eigenvalue weighted by Gasteiger charge is -2.31. The van der Waals surface area contributed by atoms with Crippen molar-refractivity contribution in [3.05, 3.63) is 59.9 Å². The van der Waals surface area contributed by atoms with Gasteiger partial charge in [-0.25, -0.2) is 9.37 Å². The Kier molecular flexibility index (Phi) is 4.85. The SMILES string of the molecule is O=C(Nc1nc2ccccc2s1)C1CCN(C(=O)c2cccc(F)c2)CC1. The zero-order valence-corrected chi connectivity index (χ0v) is 15.3. The maximum atomic E-state index is 13.3. The number of benzene rings is 2. The molecule has 1 aromatic heterocycles. The van der Waals surface area contributed by atoms with Crippen molar-refractivity contribution in [2.45, 2.75) is 12.8 Å². The van der Waals surface area contributed by atoms with Crippen molar-refractivity contribution in [1.29, 1.82) is 0 Å². The molecule has 1 N–H and O–H groups in total. The third-order valence-corrected chi connectivity index (χ3v) is 5.70. The molecule has 0 spiro atoms. The number of likely N-dealkylation sites (tertiary alicyclic amines) is 1. The summed E-state index contributed by atoms with van der Waals surface area (Å²) in [5.74, 6) is -0.842. The average Bonchev–Trinajstić information content (AvgIpc) is 3.09.